The van der Waals surface area contributed by atoms with E-state index in [1.165, 1.54) is 23.1 Å². The molecule has 0 spiro atoms. The molecular weight excluding hydrogens is 486 g/mol. The highest BCUT2D eigenvalue weighted by Crippen LogP contribution is 2.30. The van der Waals surface area contributed by atoms with Crippen LogP contribution in [-0.4, -0.2) is 57.8 Å². The molecule has 9 heteroatoms. The molecule has 0 bridgehead atoms. The molecule has 0 aromatic heterocycles. The zero-order valence-electron chi connectivity index (χ0n) is 23.0. The standard InChI is InChI=1S/C29H41N3O6/c1-6-8-11-18-30-26(35)25(22-12-9-10-13-24(22)34)32(7-2)27(36)23(31-28(37)38-29(3,4)5)19-20-14-16-21(33)17-15-20/h9-10,12-17,23,25,33-34H,6-8,11,18-19H2,1-5H3,(H,30,35)(H,31,37). The van der Waals surface area contributed by atoms with Crippen molar-refractivity contribution >= 4 is 17.9 Å². The number of rotatable bonds is 12. The molecule has 2 aromatic carbocycles. The third-order valence-electron chi connectivity index (χ3n) is 5.86. The van der Waals surface area contributed by atoms with E-state index in [0.717, 1.165) is 19.3 Å². The van der Waals surface area contributed by atoms with Crippen LogP contribution in [0.25, 0.3) is 0 Å². The molecule has 0 aliphatic carbocycles. The van der Waals surface area contributed by atoms with Crippen molar-refractivity contribution < 1.29 is 29.3 Å². The summed E-state index contributed by atoms with van der Waals surface area (Å²) < 4.78 is 5.40. The summed E-state index contributed by atoms with van der Waals surface area (Å²) in [7, 11) is 0. The second-order valence-electron chi connectivity index (χ2n) is 10.2. The van der Waals surface area contributed by atoms with Gasteiger partial charge in [0, 0.05) is 25.1 Å². The molecule has 2 atom stereocenters. The molecule has 4 N–H and O–H groups in total. The predicted molar refractivity (Wildman–Crippen MR) is 146 cm³/mol. The monoisotopic (exact) mass is 527 g/mol. The number of likely N-dealkylation sites (N-methyl/N-ethyl adjacent to an activating group) is 1. The number of hydrogen-bond acceptors (Lipinski definition) is 6. The molecule has 3 amide bonds. The molecular formula is C29H41N3O6. The highest BCUT2D eigenvalue weighted by atomic mass is 16.6. The topological polar surface area (TPSA) is 128 Å². The SMILES string of the molecule is CCCCCNC(=O)C(c1ccccc1O)N(CC)C(=O)C(Cc1ccc(O)cc1)NC(=O)OC(C)(C)C. The Labute approximate surface area is 225 Å². The Morgan fingerprint density at radius 3 is 2.21 bits per heavy atom. The predicted octanol–water partition coefficient (Wildman–Crippen LogP) is 4.43. The fraction of sp³-hybridized carbons (Fsp3) is 0.483. The van der Waals surface area contributed by atoms with Crippen molar-refractivity contribution in [2.45, 2.75) is 78.0 Å². The minimum absolute atomic E-state index is 0.0753. The van der Waals surface area contributed by atoms with Crippen LogP contribution in [0, 0.1) is 0 Å². The van der Waals surface area contributed by atoms with Crippen molar-refractivity contribution in [1.29, 1.82) is 0 Å². The number of carbonyl (C=O) groups excluding carboxylic acids is 3. The van der Waals surface area contributed by atoms with Crippen molar-refractivity contribution in [3.63, 3.8) is 0 Å². The molecule has 0 fully saturated rings. The fourth-order valence-corrected chi connectivity index (χ4v) is 4.04. The van der Waals surface area contributed by atoms with Gasteiger partial charge in [-0.1, -0.05) is 50.1 Å². The number of unbranched alkanes of at least 4 members (excludes halogenated alkanes) is 2. The summed E-state index contributed by atoms with van der Waals surface area (Å²) in [5, 5.41) is 25.8. The van der Waals surface area contributed by atoms with Crippen LogP contribution >= 0.6 is 0 Å². The Balaban J connectivity index is 2.43. The number of carbonyl (C=O) groups is 3. The number of amides is 3. The lowest BCUT2D eigenvalue weighted by atomic mass is 9.99. The van der Waals surface area contributed by atoms with Gasteiger partial charge in [0.15, 0.2) is 0 Å². The van der Waals surface area contributed by atoms with Crippen molar-refractivity contribution in [1.82, 2.24) is 15.5 Å². The molecule has 0 saturated carbocycles. The number of phenols is 2. The molecule has 0 saturated heterocycles. The zero-order chi connectivity index (χ0) is 28.3. The Kier molecular flexibility index (Phi) is 11.4. The molecule has 2 aromatic rings. The van der Waals surface area contributed by atoms with Gasteiger partial charge in [0.2, 0.25) is 11.8 Å². The zero-order valence-corrected chi connectivity index (χ0v) is 23.0. The van der Waals surface area contributed by atoms with Crippen LogP contribution in [0.3, 0.4) is 0 Å². The summed E-state index contributed by atoms with van der Waals surface area (Å²) >= 11 is 0. The first kappa shape index (κ1) is 30.5. The van der Waals surface area contributed by atoms with Gasteiger partial charge in [-0.05, 0) is 57.9 Å². The second-order valence-corrected chi connectivity index (χ2v) is 10.2. The van der Waals surface area contributed by atoms with Crippen LogP contribution < -0.4 is 10.6 Å². The molecule has 38 heavy (non-hydrogen) atoms. The van der Waals surface area contributed by atoms with E-state index in [-0.39, 0.29) is 30.0 Å². The molecule has 2 unspecified atom stereocenters. The van der Waals surface area contributed by atoms with Gasteiger partial charge < -0.3 is 30.5 Å². The fourth-order valence-electron chi connectivity index (χ4n) is 4.04. The van der Waals surface area contributed by atoms with E-state index in [2.05, 4.69) is 17.6 Å². The van der Waals surface area contributed by atoms with E-state index >= 15 is 0 Å². The van der Waals surface area contributed by atoms with Crippen LogP contribution in [0.5, 0.6) is 11.5 Å². The molecule has 2 rings (SSSR count). The van der Waals surface area contributed by atoms with Gasteiger partial charge >= 0.3 is 6.09 Å². The maximum atomic E-state index is 14.0. The Bertz CT molecular complexity index is 1060. The number of ether oxygens (including phenoxy) is 1. The van der Waals surface area contributed by atoms with Crippen LogP contribution in [0.2, 0.25) is 0 Å². The van der Waals surface area contributed by atoms with Crippen molar-refractivity contribution in [2.24, 2.45) is 0 Å². The third-order valence-corrected chi connectivity index (χ3v) is 5.86. The first-order chi connectivity index (χ1) is 18.0. The molecule has 0 aliphatic rings. The van der Waals surface area contributed by atoms with E-state index in [1.54, 1.807) is 58.0 Å². The Hall–Kier alpha value is -3.75. The molecule has 0 aliphatic heterocycles. The normalized spacial score (nSPS) is 12.8. The summed E-state index contributed by atoms with van der Waals surface area (Å²) in [5.74, 6) is -0.962. The molecule has 9 nitrogen and oxygen atoms in total. The maximum Gasteiger partial charge on any atom is 0.408 e. The maximum absolute atomic E-state index is 14.0. The highest BCUT2D eigenvalue weighted by Gasteiger charge is 2.36. The lowest BCUT2D eigenvalue weighted by Crippen LogP contribution is -2.53. The molecule has 0 radical (unpaired) electrons. The lowest BCUT2D eigenvalue weighted by molar-refractivity contribution is -0.142. The number of alkyl carbamates (subject to hydrolysis) is 1. The van der Waals surface area contributed by atoms with Gasteiger partial charge in [0.25, 0.3) is 0 Å². The van der Waals surface area contributed by atoms with Crippen LogP contribution in [0.15, 0.2) is 48.5 Å². The van der Waals surface area contributed by atoms with E-state index in [9.17, 15) is 24.6 Å². The van der Waals surface area contributed by atoms with E-state index in [1.807, 2.05) is 0 Å². The van der Waals surface area contributed by atoms with Crippen molar-refractivity contribution in [2.75, 3.05) is 13.1 Å². The summed E-state index contributed by atoms with van der Waals surface area (Å²) in [6, 6.07) is 10.5. The second kappa shape index (κ2) is 14.3. The minimum atomic E-state index is -1.11. The first-order valence-electron chi connectivity index (χ1n) is 13.1. The van der Waals surface area contributed by atoms with Gasteiger partial charge in [0.1, 0.15) is 29.2 Å². The van der Waals surface area contributed by atoms with Gasteiger partial charge in [-0.25, -0.2) is 4.79 Å². The first-order valence-corrected chi connectivity index (χ1v) is 13.1. The van der Waals surface area contributed by atoms with Gasteiger partial charge in [-0.15, -0.1) is 0 Å². The number of nitrogens with one attached hydrogen (secondary N) is 2. The van der Waals surface area contributed by atoms with Crippen LogP contribution in [0.1, 0.15) is 71.0 Å². The largest absolute Gasteiger partial charge is 0.508 e. The lowest BCUT2D eigenvalue weighted by Gasteiger charge is -2.34. The summed E-state index contributed by atoms with van der Waals surface area (Å²) in [6.07, 6.45) is 2.06. The summed E-state index contributed by atoms with van der Waals surface area (Å²) in [6.45, 7) is 9.55. The number of nitrogens with zero attached hydrogens (tertiary/aromatic N) is 1. The number of para-hydroxylation sites is 1. The smallest absolute Gasteiger partial charge is 0.408 e. The van der Waals surface area contributed by atoms with Crippen LogP contribution in [-0.2, 0) is 20.7 Å². The average molecular weight is 528 g/mol. The number of aromatic hydroxyl groups is 2. The Morgan fingerprint density at radius 1 is 0.974 bits per heavy atom. The van der Waals surface area contributed by atoms with Crippen molar-refractivity contribution in [3.8, 4) is 11.5 Å². The minimum Gasteiger partial charge on any atom is -0.508 e. The molecule has 208 valence electrons. The third kappa shape index (κ3) is 9.28. The average Bonchev–Trinajstić information content (AvgIpc) is 2.85. The van der Waals surface area contributed by atoms with E-state index in [4.69, 9.17) is 4.74 Å². The summed E-state index contributed by atoms with van der Waals surface area (Å²) in [4.78, 5) is 41.5. The van der Waals surface area contributed by atoms with Crippen LogP contribution in [0.4, 0.5) is 4.79 Å². The summed E-state index contributed by atoms with van der Waals surface area (Å²) in [5.41, 5.74) is 0.199. The quantitative estimate of drug-likeness (QED) is 0.302. The van der Waals surface area contributed by atoms with E-state index < -0.39 is 35.6 Å². The Morgan fingerprint density at radius 2 is 1.63 bits per heavy atom. The van der Waals surface area contributed by atoms with Crippen molar-refractivity contribution in [3.05, 3.63) is 59.7 Å². The number of benzene rings is 2. The molecule has 0 heterocycles. The number of hydrogen-bond donors (Lipinski definition) is 4. The highest BCUT2D eigenvalue weighted by molar-refractivity contribution is 5.92. The van der Waals surface area contributed by atoms with E-state index in [0.29, 0.717) is 12.1 Å². The number of phenolic OH excluding ortho intramolecular Hbond substituents is 2. The van der Waals surface area contributed by atoms with Gasteiger partial charge in [-0.3, -0.25) is 9.59 Å². The van der Waals surface area contributed by atoms with Gasteiger partial charge in [-0.2, -0.15) is 0 Å². The van der Waals surface area contributed by atoms with Gasteiger partial charge in [0.05, 0.1) is 0 Å².